The molecule has 4 heteroatoms. The molecule has 0 amide bonds. The predicted octanol–water partition coefficient (Wildman–Crippen LogP) is 4.01. The third kappa shape index (κ3) is 3.69. The first-order chi connectivity index (χ1) is 10.0. The molecule has 2 rings (SSSR count). The summed E-state index contributed by atoms with van der Waals surface area (Å²) in [6.45, 7) is 1.99. The minimum atomic E-state index is 0.124. The lowest BCUT2D eigenvalue weighted by Gasteiger charge is -2.23. The van der Waals surface area contributed by atoms with E-state index < -0.39 is 0 Å². The molecule has 2 aromatic carbocycles. The zero-order valence-electron chi connectivity index (χ0n) is 12.6. The smallest absolute Gasteiger partial charge is 0.142 e. The molecule has 0 fully saturated rings. The molecular formula is C17H21ClN2O. The van der Waals surface area contributed by atoms with Gasteiger partial charge in [-0.3, -0.25) is 0 Å². The summed E-state index contributed by atoms with van der Waals surface area (Å²) < 4.78 is 5.40. The van der Waals surface area contributed by atoms with E-state index >= 15 is 0 Å². The second-order valence-corrected chi connectivity index (χ2v) is 5.61. The number of nitrogens with zero attached hydrogens (tertiary/aromatic N) is 1. The van der Waals surface area contributed by atoms with Crippen LogP contribution in [0.2, 0.25) is 5.02 Å². The number of hydrogen-bond donors (Lipinski definition) is 1. The third-order valence-corrected chi connectivity index (χ3v) is 3.68. The Hall–Kier alpha value is -1.71. The molecule has 1 unspecified atom stereocenters. The van der Waals surface area contributed by atoms with Crippen molar-refractivity contribution in [2.24, 2.45) is 5.73 Å². The topological polar surface area (TPSA) is 38.5 Å². The van der Waals surface area contributed by atoms with Crippen LogP contribution in [0, 0.1) is 0 Å². The van der Waals surface area contributed by atoms with Crippen LogP contribution in [-0.2, 0) is 6.42 Å². The van der Waals surface area contributed by atoms with Gasteiger partial charge in [-0.05, 0) is 43.2 Å². The van der Waals surface area contributed by atoms with Gasteiger partial charge in [0.05, 0.1) is 23.5 Å². The van der Waals surface area contributed by atoms with E-state index in [0.717, 1.165) is 29.1 Å². The zero-order valence-corrected chi connectivity index (χ0v) is 13.4. The summed E-state index contributed by atoms with van der Waals surface area (Å²) in [5.41, 5.74) is 8.89. The Bertz CT molecular complexity index is 613. The van der Waals surface area contributed by atoms with E-state index in [2.05, 4.69) is 6.07 Å². The van der Waals surface area contributed by atoms with Gasteiger partial charge in [0.25, 0.3) is 0 Å². The van der Waals surface area contributed by atoms with Gasteiger partial charge in [0.15, 0.2) is 0 Å². The van der Waals surface area contributed by atoms with Gasteiger partial charge in [-0.15, -0.1) is 0 Å². The highest BCUT2D eigenvalue weighted by molar-refractivity contribution is 6.33. The highest BCUT2D eigenvalue weighted by Crippen LogP contribution is 2.36. The maximum absolute atomic E-state index is 6.43. The van der Waals surface area contributed by atoms with E-state index in [0.29, 0.717) is 5.02 Å². The number of ether oxygens (including phenoxy) is 1. The van der Waals surface area contributed by atoms with Crippen molar-refractivity contribution >= 4 is 23.0 Å². The molecule has 0 aliphatic heterocycles. The summed E-state index contributed by atoms with van der Waals surface area (Å²) in [7, 11) is 3.64. The molecule has 2 N–H and O–H groups in total. The lowest BCUT2D eigenvalue weighted by atomic mass is 10.1. The van der Waals surface area contributed by atoms with Crippen LogP contribution < -0.4 is 15.4 Å². The first kappa shape index (κ1) is 15.7. The van der Waals surface area contributed by atoms with Gasteiger partial charge < -0.3 is 15.4 Å². The SMILES string of the molecule is COc1ccccc1N(C)c1ccc(CC(C)N)cc1Cl. The summed E-state index contributed by atoms with van der Waals surface area (Å²) in [6.07, 6.45) is 0.818. The first-order valence-corrected chi connectivity index (χ1v) is 7.31. The van der Waals surface area contributed by atoms with Gasteiger partial charge in [-0.25, -0.2) is 0 Å². The van der Waals surface area contributed by atoms with Gasteiger partial charge in [0.2, 0.25) is 0 Å². The standard InChI is InChI=1S/C17H21ClN2O/c1-12(19)10-13-8-9-15(14(18)11-13)20(2)16-6-4-5-7-17(16)21-3/h4-9,11-12H,10,19H2,1-3H3. The van der Waals surface area contributed by atoms with E-state index in [1.165, 1.54) is 0 Å². The van der Waals surface area contributed by atoms with Crippen LogP contribution >= 0.6 is 11.6 Å². The predicted molar refractivity (Wildman–Crippen MR) is 89.9 cm³/mol. The van der Waals surface area contributed by atoms with Crippen LogP contribution in [0.5, 0.6) is 5.75 Å². The third-order valence-electron chi connectivity index (χ3n) is 3.38. The quantitative estimate of drug-likeness (QED) is 0.907. The molecule has 1 atom stereocenters. The fourth-order valence-corrected chi connectivity index (χ4v) is 2.69. The molecule has 0 saturated carbocycles. The van der Waals surface area contributed by atoms with E-state index in [1.807, 2.05) is 55.3 Å². The van der Waals surface area contributed by atoms with Crippen LogP contribution in [0.4, 0.5) is 11.4 Å². The highest BCUT2D eigenvalue weighted by Gasteiger charge is 2.13. The molecule has 3 nitrogen and oxygen atoms in total. The van der Waals surface area contributed by atoms with Crippen molar-refractivity contribution in [1.29, 1.82) is 0 Å². The van der Waals surface area contributed by atoms with Gasteiger partial charge in [0.1, 0.15) is 5.75 Å². The van der Waals surface area contributed by atoms with E-state index in [-0.39, 0.29) is 6.04 Å². The van der Waals surface area contributed by atoms with Crippen molar-refractivity contribution in [2.45, 2.75) is 19.4 Å². The Kier molecular flexibility index (Phi) is 5.10. The minimum absolute atomic E-state index is 0.124. The normalized spacial score (nSPS) is 12.0. The molecule has 0 saturated heterocycles. The lowest BCUT2D eigenvalue weighted by Crippen LogP contribution is -2.18. The van der Waals surface area contributed by atoms with Crippen molar-refractivity contribution < 1.29 is 4.74 Å². The largest absolute Gasteiger partial charge is 0.495 e. The second-order valence-electron chi connectivity index (χ2n) is 5.20. The van der Waals surface area contributed by atoms with Crippen molar-refractivity contribution in [1.82, 2.24) is 0 Å². The Morgan fingerprint density at radius 2 is 1.90 bits per heavy atom. The summed E-state index contributed by atoms with van der Waals surface area (Å²) in [5, 5.41) is 0.710. The van der Waals surface area contributed by atoms with Crippen molar-refractivity contribution in [3.8, 4) is 5.75 Å². The van der Waals surface area contributed by atoms with Crippen LogP contribution in [-0.4, -0.2) is 20.2 Å². The van der Waals surface area contributed by atoms with E-state index in [9.17, 15) is 0 Å². The number of rotatable bonds is 5. The number of hydrogen-bond acceptors (Lipinski definition) is 3. The number of benzene rings is 2. The highest BCUT2D eigenvalue weighted by atomic mass is 35.5. The number of anilines is 2. The van der Waals surface area contributed by atoms with Gasteiger partial charge in [0, 0.05) is 13.1 Å². The molecule has 0 heterocycles. The van der Waals surface area contributed by atoms with Crippen molar-refractivity contribution in [2.75, 3.05) is 19.1 Å². The lowest BCUT2D eigenvalue weighted by molar-refractivity contribution is 0.415. The maximum atomic E-state index is 6.43. The Labute approximate surface area is 131 Å². The summed E-state index contributed by atoms with van der Waals surface area (Å²) in [6, 6.07) is 14.1. The van der Waals surface area contributed by atoms with Crippen LogP contribution in [0.15, 0.2) is 42.5 Å². The van der Waals surface area contributed by atoms with Gasteiger partial charge in [-0.1, -0.05) is 29.8 Å². The zero-order chi connectivity index (χ0) is 15.4. The number of methoxy groups -OCH3 is 1. The Morgan fingerprint density at radius 1 is 1.19 bits per heavy atom. The molecular weight excluding hydrogens is 284 g/mol. The molecule has 2 aromatic rings. The van der Waals surface area contributed by atoms with Crippen LogP contribution in [0.3, 0.4) is 0 Å². The number of para-hydroxylation sites is 2. The van der Waals surface area contributed by atoms with E-state index in [1.54, 1.807) is 7.11 Å². The van der Waals surface area contributed by atoms with Gasteiger partial charge >= 0.3 is 0 Å². The molecule has 0 aliphatic carbocycles. The van der Waals surface area contributed by atoms with Crippen molar-refractivity contribution in [3.63, 3.8) is 0 Å². The monoisotopic (exact) mass is 304 g/mol. The average Bonchev–Trinajstić information content (AvgIpc) is 2.46. The van der Waals surface area contributed by atoms with Gasteiger partial charge in [-0.2, -0.15) is 0 Å². The van der Waals surface area contributed by atoms with Crippen molar-refractivity contribution in [3.05, 3.63) is 53.1 Å². The maximum Gasteiger partial charge on any atom is 0.142 e. The van der Waals surface area contributed by atoms with E-state index in [4.69, 9.17) is 22.1 Å². The Balaban J connectivity index is 2.33. The minimum Gasteiger partial charge on any atom is -0.495 e. The summed E-state index contributed by atoms with van der Waals surface area (Å²) >= 11 is 6.43. The molecule has 0 spiro atoms. The molecule has 0 bridgehead atoms. The molecule has 112 valence electrons. The fourth-order valence-electron chi connectivity index (χ4n) is 2.36. The Morgan fingerprint density at radius 3 is 2.52 bits per heavy atom. The summed E-state index contributed by atoms with van der Waals surface area (Å²) in [4.78, 5) is 2.02. The second kappa shape index (κ2) is 6.83. The summed E-state index contributed by atoms with van der Waals surface area (Å²) in [5.74, 6) is 0.815. The average molecular weight is 305 g/mol. The molecule has 0 aromatic heterocycles. The number of halogens is 1. The molecule has 21 heavy (non-hydrogen) atoms. The fraction of sp³-hybridized carbons (Fsp3) is 0.294. The number of nitrogens with two attached hydrogens (primary N) is 1. The first-order valence-electron chi connectivity index (χ1n) is 6.93. The molecule has 0 radical (unpaired) electrons. The molecule has 0 aliphatic rings. The van der Waals surface area contributed by atoms with Crippen LogP contribution in [0.1, 0.15) is 12.5 Å². The van der Waals surface area contributed by atoms with Crippen LogP contribution in [0.25, 0.3) is 0 Å².